The lowest BCUT2D eigenvalue weighted by molar-refractivity contribution is -0.118. The zero-order chi connectivity index (χ0) is 13.2. The van der Waals surface area contributed by atoms with Crippen LogP contribution in [0.1, 0.15) is 25.7 Å². The van der Waals surface area contributed by atoms with E-state index in [1.165, 1.54) is 4.31 Å². The van der Waals surface area contributed by atoms with Crippen LogP contribution in [0.25, 0.3) is 0 Å². The van der Waals surface area contributed by atoms with Gasteiger partial charge in [0.2, 0.25) is 15.9 Å². The number of rotatable bonds is 6. The number of carbonyl (C=O) groups is 1. The first-order chi connectivity index (χ1) is 8.49. The number of sulfonamides is 1. The molecule has 1 atom stereocenters. The van der Waals surface area contributed by atoms with E-state index < -0.39 is 15.9 Å². The van der Waals surface area contributed by atoms with Gasteiger partial charge in [0, 0.05) is 12.6 Å². The second-order valence-corrected chi connectivity index (χ2v) is 7.20. The van der Waals surface area contributed by atoms with Crippen LogP contribution >= 0.6 is 0 Å². The Labute approximate surface area is 108 Å². The third kappa shape index (κ3) is 3.66. The monoisotopic (exact) mass is 275 g/mol. The molecule has 2 fully saturated rings. The molecule has 1 saturated heterocycles. The highest BCUT2D eigenvalue weighted by molar-refractivity contribution is 7.89. The highest BCUT2D eigenvalue weighted by atomic mass is 32.2. The minimum absolute atomic E-state index is 0.130. The van der Waals surface area contributed by atoms with Crippen molar-refractivity contribution in [1.29, 1.82) is 0 Å². The second kappa shape index (κ2) is 5.54. The van der Waals surface area contributed by atoms with Crippen molar-refractivity contribution in [3.05, 3.63) is 0 Å². The van der Waals surface area contributed by atoms with Crippen LogP contribution in [0.5, 0.6) is 0 Å². The molecule has 1 heterocycles. The van der Waals surface area contributed by atoms with Crippen LogP contribution in [0.2, 0.25) is 0 Å². The fraction of sp³-hybridized carbons (Fsp3) is 0.909. The molecule has 0 aromatic heterocycles. The normalized spacial score (nSPS) is 25.3. The summed E-state index contributed by atoms with van der Waals surface area (Å²) in [7, 11) is -3.36. The van der Waals surface area contributed by atoms with Crippen molar-refractivity contribution < 1.29 is 13.2 Å². The number of amides is 1. The minimum Gasteiger partial charge on any atom is -0.369 e. The van der Waals surface area contributed by atoms with Crippen molar-refractivity contribution in [3.8, 4) is 0 Å². The van der Waals surface area contributed by atoms with Gasteiger partial charge in [0.1, 0.15) is 0 Å². The highest BCUT2D eigenvalue weighted by Gasteiger charge is 2.36. The van der Waals surface area contributed by atoms with E-state index in [0.717, 1.165) is 32.2 Å². The van der Waals surface area contributed by atoms with E-state index in [9.17, 15) is 13.2 Å². The van der Waals surface area contributed by atoms with E-state index in [2.05, 4.69) is 5.32 Å². The number of hydrogen-bond donors (Lipinski definition) is 2. The first-order valence-electron chi connectivity index (χ1n) is 6.47. The number of hydrogen-bond acceptors (Lipinski definition) is 4. The summed E-state index contributed by atoms with van der Waals surface area (Å²) in [5, 5.41) is 3.17. The molecule has 1 saturated carbocycles. The van der Waals surface area contributed by atoms with Crippen molar-refractivity contribution in [3.63, 3.8) is 0 Å². The van der Waals surface area contributed by atoms with E-state index in [-0.39, 0.29) is 24.3 Å². The maximum Gasteiger partial charge on any atom is 0.232 e. The summed E-state index contributed by atoms with van der Waals surface area (Å²) in [6.07, 6.45) is 3.68. The summed E-state index contributed by atoms with van der Waals surface area (Å²) >= 11 is 0. The molecule has 1 aliphatic carbocycles. The van der Waals surface area contributed by atoms with Crippen LogP contribution in [0.15, 0.2) is 0 Å². The average Bonchev–Trinajstić information content (AvgIpc) is 3.10. The molecule has 104 valence electrons. The van der Waals surface area contributed by atoms with Crippen LogP contribution in [0.3, 0.4) is 0 Å². The number of nitrogens with zero attached hydrogens (tertiary/aromatic N) is 1. The lowest BCUT2D eigenvalue weighted by atomic mass is 10.1. The van der Waals surface area contributed by atoms with Gasteiger partial charge < -0.3 is 11.1 Å². The number of nitrogens with two attached hydrogens (primary N) is 1. The second-order valence-electron chi connectivity index (χ2n) is 5.23. The van der Waals surface area contributed by atoms with Crippen LogP contribution in [-0.4, -0.2) is 50.1 Å². The molecule has 0 spiro atoms. The molecule has 3 N–H and O–H groups in total. The summed E-state index contributed by atoms with van der Waals surface area (Å²) in [5.41, 5.74) is 5.18. The van der Waals surface area contributed by atoms with Crippen molar-refractivity contribution in [2.75, 3.05) is 25.4 Å². The molecule has 1 unspecified atom stereocenters. The molecule has 6 nitrogen and oxygen atoms in total. The molecule has 0 bridgehead atoms. The zero-order valence-electron chi connectivity index (χ0n) is 10.5. The highest BCUT2D eigenvalue weighted by Crippen LogP contribution is 2.31. The standard InChI is InChI=1S/C11H21N3O3S/c12-11(15)7-14(10-2-1-5-13-6-10)18(16,17)8-9-3-4-9/h9-10,13H,1-8H2,(H2,12,15). The van der Waals surface area contributed by atoms with Crippen LogP contribution in [-0.2, 0) is 14.8 Å². The van der Waals surface area contributed by atoms with E-state index in [1.807, 2.05) is 0 Å². The Morgan fingerprint density at radius 1 is 1.33 bits per heavy atom. The molecule has 1 amide bonds. The molecule has 1 aliphatic heterocycles. The Bertz CT molecular complexity index is 400. The third-order valence-electron chi connectivity index (χ3n) is 3.49. The Morgan fingerprint density at radius 2 is 2.06 bits per heavy atom. The van der Waals surface area contributed by atoms with Crippen LogP contribution in [0.4, 0.5) is 0 Å². The van der Waals surface area contributed by atoms with E-state index >= 15 is 0 Å². The number of piperidine rings is 1. The van der Waals surface area contributed by atoms with Crippen molar-refractivity contribution in [2.24, 2.45) is 11.7 Å². The smallest absolute Gasteiger partial charge is 0.232 e. The molecule has 18 heavy (non-hydrogen) atoms. The van der Waals surface area contributed by atoms with E-state index in [1.54, 1.807) is 0 Å². The predicted octanol–water partition coefficient (Wildman–Crippen LogP) is -0.734. The maximum absolute atomic E-state index is 12.3. The quantitative estimate of drug-likeness (QED) is 0.668. The molecule has 0 aromatic carbocycles. The summed E-state index contributed by atoms with van der Waals surface area (Å²) in [6, 6.07) is -0.130. The largest absolute Gasteiger partial charge is 0.369 e. The Kier molecular flexibility index (Phi) is 4.24. The SMILES string of the molecule is NC(=O)CN(C1CCCNC1)S(=O)(=O)CC1CC1. The van der Waals surface area contributed by atoms with E-state index in [0.29, 0.717) is 6.54 Å². The van der Waals surface area contributed by atoms with Gasteiger partial charge in [-0.2, -0.15) is 4.31 Å². The van der Waals surface area contributed by atoms with Crippen molar-refractivity contribution in [2.45, 2.75) is 31.7 Å². The first-order valence-corrected chi connectivity index (χ1v) is 8.08. The number of nitrogens with one attached hydrogen (secondary N) is 1. The zero-order valence-corrected chi connectivity index (χ0v) is 11.3. The number of primary amides is 1. The summed E-state index contributed by atoms with van der Waals surface area (Å²) < 4.78 is 25.9. The molecule has 0 aromatic rings. The van der Waals surface area contributed by atoms with Gasteiger partial charge in [0.25, 0.3) is 0 Å². The summed E-state index contributed by atoms with van der Waals surface area (Å²) in [6.45, 7) is 1.32. The molecular weight excluding hydrogens is 254 g/mol. The summed E-state index contributed by atoms with van der Waals surface area (Å²) in [4.78, 5) is 11.1. The van der Waals surface area contributed by atoms with Gasteiger partial charge in [-0.3, -0.25) is 4.79 Å². The van der Waals surface area contributed by atoms with Crippen LogP contribution in [0, 0.1) is 5.92 Å². The predicted molar refractivity (Wildman–Crippen MR) is 68.3 cm³/mol. The van der Waals surface area contributed by atoms with Crippen molar-refractivity contribution >= 4 is 15.9 Å². The molecule has 0 radical (unpaired) electrons. The molecule has 2 aliphatic rings. The van der Waals surface area contributed by atoms with Gasteiger partial charge in [-0.05, 0) is 38.1 Å². The lowest BCUT2D eigenvalue weighted by Crippen LogP contribution is -2.52. The van der Waals surface area contributed by atoms with Gasteiger partial charge in [-0.15, -0.1) is 0 Å². The Hall–Kier alpha value is -0.660. The fourth-order valence-electron chi connectivity index (χ4n) is 2.37. The average molecular weight is 275 g/mol. The molecular formula is C11H21N3O3S. The summed E-state index contributed by atoms with van der Waals surface area (Å²) in [5.74, 6) is -0.140. The van der Waals surface area contributed by atoms with Crippen LogP contribution < -0.4 is 11.1 Å². The topological polar surface area (TPSA) is 92.5 Å². The minimum atomic E-state index is -3.36. The molecule has 2 rings (SSSR count). The maximum atomic E-state index is 12.3. The fourth-order valence-corrected chi connectivity index (χ4v) is 4.44. The van der Waals surface area contributed by atoms with Crippen molar-refractivity contribution in [1.82, 2.24) is 9.62 Å². The van der Waals surface area contributed by atoms with Gasteiger partial charge >= 0.3 is 0 Å². The third-order valence-corrected chi connectivity index (χ3v) is 5.52. The van der Waals surface area contributed by atoms with Gasteiger partial charge in [-0.1, -0.05) is 0 Å². The molecule has 7 heteroatoms. The first kappa shape index (κ1) is 13.8. The van der Waals surface area contributed by atoms with E-state index in [4.69, 9.17) is 5.73 Å². The number of carbonyl (C=O) groups excluding carboxylic acids is 1. The Balaban J connectivity index is 2.09. The van der Waals surface area contributed by atoms with Gasteiger partial charge in [-0.25, -0.2) is 8.42 Å². The van der Waals surface area contributed by atoms with Gasteiger partial charge in [0.15, 0.2) is 0 Å². The Morgan fingerprint density at radius 3 is 2.56 bits per heavy atom. The van der Waals surface area contributed by atoms with Gasteiger partial charge in [0.05, 0.1) is 12.3 Å². The lowest BCUT2D eigenvalue weighted by Gasteiger charge is -2.33.